The predicted molar refractivity (Wildman–Crippen MR) is 98.9 cm³/mol. The average Bonchev–Trinajstić information content (AvgIpc) is 3.26. The summed E-state index contributed by atoms with van der Waals surface area (Å²) in [6.45, 7) is 0. The van der Waals surface area contributed by atoms with Gasteiger partial charge in [0.2, 0.25) is 0 Å². The van der Waals surface area contributed by atoms with Gasteiger partial charge in [0.25, 0.3) is 0 Å². The molecule has 2 N–H and O–H groups in total. The Bertz CT molecular complexity index is 1170. The monoisotopic (exact) mass is 472 g/mol. The fourth-order valence-corrected chi connectivity index (χ4v) is 6.19. The van der Waals surface area contributed by atoms with Gasteiger partial charge in [0.1, 0.15) is 0 Å². The van der Waals surface area contributed by atoms with Crippen molar-refractivity contribution < 1.29 is 23.4 Å². The molecule has 4 rings (SSSR count). The Labute approximate surface area is 161 Å². The summed E-state index contributed by atoms with van der Waals surface area (Å²) in [6, 6.07) is 16.8. The van der Waals surface area contributed by atoms with Crippen molar-refractivity contribution in [2.24, 2.45) is 0 Å². The summed E-state index contributed by atoms with van der Waals surface area (Å²) >= 11 is -1.60. The number of para-hydroxylation sites is 2. The topological polar surface area (TPSA) is 118 Å². The quantitative estimate of drug-likeness (QED) is 0.417. The van der Waals surface area contributed by atoms with Crippen molar-refractivity contribution in [2.75, 3.05) is 0 Å². The molecular formula is C16H12N2O6S2Se. The third-order valence-electron chi connectivity index (χ3n) is 3.78. The molecule has 0 spiro atoms. The molecule has 140 valence electrons. The molecule has 2 aromatic heterocycles. The van der Waals surface area contributed by atoms with Gasteiger partial charge in [-0.25, -0.2) is 0 Å². The minimum absolute atomic E-state index is 0.169. The van der Waals surface area contributed by atoms with E-state index < -0.39 is 35.9 Å². The number of benzene rings is 2. The zero-order valence-electron chi connectivity index (χ0n) is 13.4. The third-order valence-corrected chi connectivity index (χ3v) is 8.73. The maximum atomic E-state index is 12.2. The Hall–Kier alpha value is -2.14. The van der Waals surface area contributed by atoms with E-state index in [1.54, 1.807) is 48.5 Å². The number of nitrogens with one attached hydrogen (secondary N) is 2. The Balaban J connectivity index is 1.49. The van der Waals surface area contributed by atoms with Crippen LogP contribution in [0.5, 0.6) is 0 Å². The van der Waals surface area contributed by atoms with Crippen LogP contribution in [0.15, 0.2) is 70.7 Å². The molecule has 11 heteroatoms. The van der Waals surface area contributed by atoms with Gasteiger partial charge in [-0.1, -0.05) is 0 Å². The Morgan fingerprint density at radius 2 is 1.07 bits per heavy atom. The fourth-order valence-electron chi connectivity index (χ4n) is 2.52. The zero-order chi connectivity index (χ0) is 19.1. The molecule has 0 aliphatic carbocycles. The van der Waals surface area contributed by atoms with Crippen LogP contribution in [-0.2, 0) is 26.8 Å². The standard InChI is InChI=1S/C16H12N2O6S2Se/c19-25(20,15-9-11-5-1-3-7-13(11)17-15)23-27-24-26(21,22)16-10-12-6-2-4-8-14(12)18-16/h1-10,17-18H. The van der Waals surface area contributed by atoms with Crippen LogP contribution in [0.25, 0.3) is 21.8 Å². The summed E-state index contributed by atoms with van der Waals surface area (Å²) in [4.78, 5) is 5.44. The van der Waals surface area contributed by atoms with Crippen LogP contribution in [0.2, 0.25) is 0 Å². The van der Waals surface area contributed by atoms with Crippen LogP contribution in [0.1, 0.15) is 0 Å². The number of H-pyrrole nitrogens is 2. The molecule has 0 radical (unpaired) electrons. The first-order valence-corrected chi connectivity index (χ1v) is 11.8. The molecule has 27 heavy (non-hydrogen) atoms. The zero-order valence-corrected chi connectivity index (χ0v) is 16.8. The van der Waals surface area contributed by atoms with Crippen LogP contribution in [0.3, 0.4) is 0 Å². The molecule has 0 fully saturated rings. The van der Waals surface area contributed by atoms with E-state index in [2.05, 4.69) is 9.97 Å². The van der Waals surface area contributed by atoms with E-state index in [1.165, 1.54) is 12.1 Å². The van der Waals surface area contributed by atoms with Crippen LogP contribution >= 0.6 is 0 Å². The van der Waals surface area contributed by atoms with Crippen molar-refractivity contribution in [1.82, 2.24) is 9.97 Å². The first-order valence-electron chi connectivity index (χ1n) is 7.55. The second kappa shape index (κ2) is 6.79. The van der Waals surface area contributed by atoms with E-state index in [0.717, 1.165) is 0 Å². The average molecular weight is 471 g/mol. The molecular weight excluding hydrogens is 459 g/mol. The Morgan fingerprint density at radius 1 is 0.667 bits per heavy atom. The molecule has 0 aliphatic heterocycles. The molecule has 0 aliphatic rings. The van der Waals surface area contributed by atoms with Crippen molar-refractivity contribution in [1.29, 1.82) is 0 Å². The SMILES string of the molecule is O=S(=O)(O[Se]OS(=O)(=O)c1cc2ccccc2[nH]1)c1cc2ccccc2[nH]1. The normalized spacial score (nSPS) is 12.7. The number of hydrogen-bond acceptors (Lipinski definition) is 6. The molecule has 0 saturated heterocycles. The molecule has 0 unspecified atom stereocenters. The van der Waals surface area contributed by atoms with Crippen LogP contribution in [0.4, 0.5) is 0 Å². The summed E-state index contributed by atoms with van der Waals surface area (Å²) in [6.07, 6.45) is 0. The van der Waals surface area contributed by atoms with E-state index in [4.69, 9.17) is 6.53 Å². The maximum absolute atomic E-state index is 12.2. The fraction of sp³-hybridized carbons (Fsp3) is 0. The molecule has 0 bridgehead atoms. The van der Waals surface area contributed by atoms with Crippen LogP contribution in [0, 0.1) is 0 Å². The van der Waals surface area contributed by atoms with Crippen molar-refractivity contribution >= 4 is 57.7 Å². The van der Waals surface area contributed by atoms with Crippen molar-refractivity contribution in [3.63, 3.8) is 0 Å². The van der Waals surface area contributed by atoms with E-state index in [9.17, 15) is 16.8 Å². The predicted octanol–water partition coefficient (Wildman–Crippen LogP) is 2.29. The Morgan fingerprint density at radius 3 is 1.48 bits per heavy atom. The van der Waals surface area contributed by atoms with Gasteiger partial charge < -0.3 is 0 Å². The summed E-state index contributed by atoms with van der Waals surface area (Å²) in [7, 11) is -8.36. The first-order chi connectivity index (χ1) is 12.9. The molecule has 0 saturated carbocycles. The van der Waals surface area contributed by atoms with Gasteiger partial charge in [-0.3, -0.25) is 0 Å². The van der Waals surface area contributed by atoms with Crippen LogP contribution in [-0.4, -0.2) is 42.4 Å². The van der Waals surface area contributed by atoms with E-state index in [1.807, 2.05) is 0 Å². The van der Waals surface area contributed by atoms with Crippen molar-refractivity contribution in [3.8, 4) is 0 Å². The van der Waals surface area contributed by atoms with E-state index in [-0.39, 0.29) is 10.1 Å². The first kappa shape index (κ1) is 18.2. The summed E-state index contributed by atoms with van der Waals surface area (Å²) < 4.78 is 58.5. The number of rotatable bonds is 6. The molecule has 2 aromatic carbocycles. The van der Waals surface area contributed by atoms with Gasteiger partial charge in [-0.2, -0.15) is 0 Å². The van der Waals surface area contributed by atoms with Gasteiger partial charge >= 0.3 is 162 Å². The Kier molecular flexibility index (Phi) is 4.58. The summed E-state index contributed by atoms with van der Waals surface area (Å²) in [5, 5.41) is 1.05. The van der Waals surface area contributed by atoms with Gasteiger partial charge in [0.15, 0.2) is 0 Å². The number of aromatic amines is 2. The second-order valence-corrected chi connectivity index (χ2v) is 10.5. The molecule has 0 atom stereocenters. The minimum atomic E-state index is -4.18. The van der Waals surface area contributed by atoms with E-state index in [0.29, 0.717) is 21.8 Å². The molecule has 8 nitrogen and oxygen atoms in total. The number of fused-ring (bicyclic) bond motifs is 2. The summed E-state index contributed by atoms with van der Waals surface area (Å²) in [5.74, 6) is 0. The third kappa shape index (κ3) is 3.65. The molecule has 4 aromatic rings. The van der Waals surface area contributed by atoms with Gasteiger partial charge in [0, 0.05) is 0 Å². The second-order valence-electron chi connectivity index (χ2n) is 5.55. The summed E-state index contributed by atoms with van der Waals surface area (Å²) in [5.41, 5.74) is 1.25. The number of aromatic nitrogens is 2. The van der Waals surface area contributed by atoms with Gasteiger partial charge in [-0.05, 0) is 0 Å². The van der Waals surface area contributed by atoms with Crippen LogP contribution < -0.4 is 0 Å². The van der Waals surface area contributed by atoms with Crippen molar-refractivity contribution in [2.45, 2.75) is 10.1 Å². The number of hydrogen-bond donors (Lipinski definition) is 2. The molecule has 0 amide bonds. The van der Waals surface area contributed by atoms with E-state index >= 15 is 0 Å². The van der Waals surface area contributed by atoms with Gasteiger partial charge in [0.05, 0.1) is 0 Å². The van der Waals surface area contributed by atoms with Crippen molar-refractivity contribution in [3.05, 3.63) is 60.7 Å². The van der Waals surface area contributed by atoms with Gasteiger partial charge in [-0.15, -0.1) is 0 Å². The molecule has 2 heterocycles.